The first-order valence-corrected chi connectivity index (χ1v) is 6.18. The summed E-state index contributed by atoms with van der Waals surface area (Å²) in [6.07, 6.45) is 0.266. The van der Waals surface area contributed by atoms with Gasteiger partial charge in [-0.25, -0.2) is 0 Å². The number of nitrogens with zero attached hydrogens (tertiary/aromatic N) is 3. The van der Waals surface area contributed by atoms with E-state index in [0.717, 1.165) is 24.6 Å². The molecular weight excluding hydrogens is 250 g/mol. The van der Waals surface area contributed by atoms with Gasteiger partial charge in [-0.15, -0.1) is 10.2 Å². The number of rotatable bonds is 4. The van der Waals surface area contributed by atoms with Crippen LogP contribution in [-0.4, -0.2) is 54.6 Å². The summed E-state index contributed by atoms with van der Waals surface area (Å²) in [4.78, 5) is 2.24. The third kappa shape index (κ3) is 2.70. The van der Waals surface area contributed by atoms with Crippen LogP contribution in [0.5, 0.6) is 0 Å². The maximum Gasteiger partial charge on any atom is 0.207 e. The fourth-order valence-corrected chi connectivity index (χ4v) is 2.80. The number of hydrogen-bond acceptors (Lipinski definition) is 6. The second-order valence-electron chi connectivity index (χ2n) is 3.69. The van der Waals surface area contributed by atoms with E-state index in [1.165, 1.54) is 11.3 Å². The fourth-order valence-electron chi connectivity index (χ4n) is 1.89. The smallest absolute Gasteiger partial charge is 0.207 e. The summed E-state index contributed by atoms with van der Waals surface area (Å²) in [5.41, 5.74) is 0. The predicted octanol–water partition coefficient (Wildman–Crippen LogP) is 1.04. The molecule has 0 aromatic carbocycles. The number of ether oxygens (including phenoxy) is 2. The van der Waals surface area contributed by atoms with Gasteiger partial charge in [0.1, 0.15) is 5.01 Å². The molecule has 0 amide bonds. The van der Waals surface area contributed by atoms with Crippen molar-refractivity contribution in [3.63, 3.8) is 0 Å². The van der Waals surface area contributed by atoms with E-state index in [9.17, 15) is 0 Å². The summed E-state index contributed by atoms with van der Waals surface area (Å²) in [5.74, 6) is 0. The third-order valence-corrected chi connectivity index (χ3v) is 3.70. The van der Waals surface area contributed by atoms with Crippen LogP contribution in [0.1, 0.15) is 5.01 Å². The van der Waals surface area contributed by atoms with E-state index >= 15 is 0 Å². The largest absolute Gasteiger partial charge is 0.377 e. The van der Waals surface area contributed by atoms with Gasteiger partial charge in [0.25, 0.3) is 0 Å². The van der Waals surface area contributed by atoms with Crippen molar-refractivity contribution in [1.29, 1.82) is 0 Å². The molecular formula is C9H14ClN3O2S. The molecule has 0 spiro atoms. The van der Waals surface area contributed by atoms with Crippen molar-refractivity contribution in [2.75, 3.05) is 27.3 Å². The molecule has 0 N–H and O–H groups in total. The van der Waals surface area contributed by atoms with Gasteiger partial charge in [-0.2, -0.15) is 0 Å². The number of likely N-dealkylation sites (tertiary alicyclic amines) is 1. The van der Waals surface area contributed by atoms with Gasteiger partial charge in [0.2, 0.25) is 4.47 Å². The topological polar surface area (TPSA) is 47.5 Å². The van der Waals surface area contributed by atoms with Gasteiger partial charge >= 0.3 is 0 Å². The highest BCUT2D eigenvalue weighted by atomic mass is 35.5. The van der Waals surface area contributed by atoms with Crippen molar-refractivity contribution >= 4 is 22.9 Å². The SMILES string of the molecule is COC1CN(Cc2nnc(Cl)s2)CC1OC. The Kier molecular flexibility index (Phi) is 4.10. The molecule has 7 heteroatoms. The molecule has 2 rings (SSSR count). The molecule has 1 saturated heterocycles. The van der Waals surface area contributed by atoms with Crippen LogP contribution in [0, 0.1) is 0 Å². The minimum Gasteiger partial charge on any atom is -0.377 e. The second kappa shape index (κ2) is 5.37. The van der Waals surface area contributed by atoms with Crippen LogP contribution >= 0.6 is 22.9 Å². The quantitative estimate of drug-likeness (QED) is 0.812. The fraction of sp³-hybridized carbons (Fsp3) is 0.778. The van der Waals surface area contributed by atoms with Gasteiger partial charge in [-0.3, -0.25) is 4.90 Å². The number of halogens is 1. The van der Waals surface area contributed by atoms with Crippen molar-refractivity contribution in [3.8, 4) is 0 Å². The van der Waals surface area contributed by atoms with Crippen molar-refractivity contribution in [1.82, 2.24) is 15.1 Å². The number of methoxy groups -OCH3 is 2. The molecule has 0 bridgehead atoms. The Morgan fingerprint density at radius 3 is 2.38 bits per heavy atom. The van der Waals surface area contributed by atoms with Gasteiger partial charge in [0.05, 0.1) is 18.8 Å². The highest BCUT2D eigenvalue weighted by Gasteiger charge is 2.33. The summed E-state index contributed by atoms with van der Waals surface area (Å²) in [6.45, 7) is 2.46. The maximum absolute atomic E-state index is 5.73. The zero-order chi connectivity index (χ0) is 11.5. The number of hydrogen-bond donors (Lipinski definition) is 0. The predicted molar refractivity (Wildman–Crippen MR) is 61.8 cm³/mol. The van der Waals surface area contributed by atoms with E-state index in [4.69, 9.17) is 21.1 Å². The monoisotopic (exact) mass is 263 g/mol. The molecule has 0 radical (unpaired) electrons. The normalized spacial score (nSPS) is 26.4. The van der Waals surface area contributed by atoms with Gasteiger partial charge in [0, 0.05) is 27.3 Å². The number of aromatic nitrogens is 2. The van der Waals surface area contributed by atoms with Crippen molar-refractivity contribution in [3.05, 3.63) is 9.47 Å². The van der Waals surface area contributed by atoms with E-state index in [2.05, 4.69) is 15.1 Å². The summed E-state index contributed by atoms with van der Waals surface area (Å²) in [7, 11) is 3.42. The van der Waals surface area contributed by atoms with Gasteiger partial charge in [0.15, 0.2) is 0 Å². The summed E-state index contributed by atoms with van der Waals surface area (Å²) in [6, 6.07) is 0. The molecule has 2 unspecified atom stereocenters. The Bertz CT molecular complexity index is 337. The van der Waals surface area contributed by atoms with Crippen molar-refractivity contribution < 1.29 is 9.47 Å². The molecule has 2 heterocycles. The lowest BCUT2D eigenvalue weighted by Gasteiger charge is -2.13. The molecule has 0 aliphatic carbocycles. The van der Waals surface area contributed by atoms with E-state index < -0.39 is 0 Å². The molecule has 1 aliphatic rings. The molecule has 1 aromatic heterocycles. The van der Waals surface area contributed by atoms with E-state index in [-0.39, 0.29) is 12.2 Å². The lowest BCUT2D eigenvalue weighted by Crippen LogP contribution is -2.27. The van der Waals surface area contributed by atoms with Crippen molar-refractivity contribution in [2.24, 2.45) is 0 Å². The van der Waals surface area contributed by atoms with E-state index in [1.807, 2.05) is 0 Å². The second-order valence-corrected chi connectivity index (χ2v) is 5.34. The molecule has 1 fully saturated rings. The summed E-state index contributed by atoms with van der Waals surface area (Å²) < 4.78 is 11.2. The average molecular weight is 264 g/mol. The van der Waals surface area contributed by atoms with Gasteiger partial charge < -0.3 is 9.47 Å². The summed E-state index contributed by atoms with van der Waals surface area (Å²) >= 11 is 7.15. The van der Waals surface area contributed by atoms with Crippen LogP contribution in [0.4, 0.5) is 0 Å². The molecule has 5 nitrogen and oxygen atoms in total. The van der Waals surface area contributed by atoms with Gasteiger partial charge in [-0.05, 0) is 11.6 Å². The molecule has 0 saturated carbocycles. The highest BCUT2D eigenvalue weighted by molar-refractivity contribution is 7.15. The van der Waals surface area contributed by atoms with Crippen LogP contribution in [0.3, 0.4) is 0 Å². The molecule has 2 atom stereocenters. The summed E-state index contributed by atoms with van der Waals surface area (Å²) in [5, 5.41) is 8.70. The van der Waals surface area contributed by atoms with Gasteiger partial charge in [-0.1, -0.05) is 11.3 Å². The first-order valence-electron chi connectivity index (χ1n) is 4.98. The Hall–Kier alpha value is -0.270. The average Bonchev–Trinajstić information content (AvgIpc) is 2.85. The van der Waals surface area contributed by atoms with Crippen LogP contribution in [0.25, 0.3) is 0 Å². The Morgan fingerprint density at radius 1 is 1.31 bits per heavy atom. The Balaban J connectivity index is 1.92. The third-order valence-electron chi connectivity index (χ3n) is 2.70. The highest BCUT2D eigenvalue weighted by Crippen LogP contribution is 2.21. The van der Waals surface area contributed by atoms with E-state index in [0.29, 0.717) is 4.47 Å². The first kappa shape index (κ1) is 12.2. The van der Waals surface area contributed by atoms with E-state index in [1.54, 1.807) is 14.2 Å². The Labute approximate surface area is 103 Å². The lowest BCUT2D eigenvalue weighted by molar-refractivity contribution is -0.00461. The molecule has 1 aromatic rings. The molecule has 16 heavy (non-hydrogen) atoms. The maximum atomic E-state index is 5.73. The molecule has 90 valence electrons. The standard InChI is InChI=1S/C9H14ClN3O2S/c1-14-6-3-13(4-7(6)15-2)5-8-11-12-9(10)16-8/h6-7H,3-5H2,1-2H3. The molecule has 1 aliphatic heterocycles. The van der Waals surface area contributed by atoms with Crippen LogP contribution < -0.4 is 0 Å². The van der Waals surface area contributed by atoms with Crippen LogP contribution in [0.15, 0.2) is 0 Å². The minimum atomic E-state index is 0.133. The zero-order valence-corrected chi connectivity index (χ0v) is 10.8. The zero-order valence-electron chi connectivity index (χ0n) is 9.22. The lowest BCUT2D eigenvalue weighted by atomic mass is 10.3. The van der Waals surface area contributed by atoms with Crippen LogP contribution in [0.2, 0.25) is 4.47 Å². The minimum absolute atomic E-state index is 0.133. The van der Waals surface area contributed by atoms with Crippen LogP contribution in [-0.2, 0) is 16.0 Å². The van der Waals surface area contributed by atoms with Crippen molar-refractivity contribution in [2.45, 2.75) is 18.8 Å². The Morgan fingerprint density at radius 2 is 1.94 bits per heavy atom. The first-order chi connectivity index (χ1) is 7.72.